The molecule has 0 spiro atoms. The summed E-state index contributed by atoms with van der Waals surface area (Å²) in [7, 11) is 0. The van der Waals surface area contributed by atoms with Gasteiger partial charge in [-0.2, -0.15) is 0 Å². The van der Waals surface area contributed by atoms with Gasteiger partial charge in [0.1, 0.15) is 4.88 Å². The molecule has 2 aromatic rings. The van der Waals surface area contributed by atoms with Gasteiger partial charge in [-0.3, -0.25) is 0 Å². The summed E-state index contributed by atoms with van der Waals surface area (Å²) < 4.78 is 0. The van der Waals surface area contributed by atoms with Crippen molar-refractivity contribution in [2.75, 3.05) is 6.26 Å². The van der Waals surface area contributed by atoms with E-state index in [9.17, 15) is 4.79 Å². The van der Waals surface area contributed by atoms with Crippen LogP contribution in [0.3, 0.4) is 0 Å². The van der Waals surface area contributed by atoms with Crippen LogP contribution in [0.2, 0.25) is 0 Å². The molecule has 0 bridgehead atoms. The molecule has 2 nitrogen and oxygen atoms in total. The van der Waals surface area contributed by atoms with Gasteiger partial charge in [-0.15, -0.1) is 23.1 Å². The molecule has 0 radical (unpaired) electrons. The monoisotopic (exact) mass is 250 g/mol. The Bertz CT molecular complexity index is 500. The van der Waals surface area contributed by atoms with E-state index in [4.69, 9.17) is 5.11 Å². The molecule has 0 aliphatic rings. The van der Waals surface area contributed by atoms with Gasteiger partial charge in [-0.25, -0.2) is 4.79 Å². The third kappa shape index (κ3) is 2.28. The molecule has 82 valence electrons. The molecule has 0 fully saturated rings. The van der Waals surface area contributed by atoms with Crippen molar-refractivity contribution in [3.63, 3.8) is 0 Å². The molecule has 0 atom stereocenters. The third-order valence-electron chi connectivity index (χ3n) is 2.19. The maximum absolute atomic E-state index is 10.8. The first-order valence-corrected chi connectivity index (χ1v) is 6.72. The Kier molecular flexibility index (Phi) is 3.31. The van der Waals surface area contributed by atoms with Crippen molar-refractivity contribution in [2.24, 2.45) is 0 Å². The van der Waals surface area contributed by atoms with Crippen molar-refractivity contribution in [1.82, 2.24) is 0 Å². The summed E-state index contributed by atoms with van der Waals surface area (Å²) in [6, 6.07) is 11.6. The van der Waals surface area contributed by atoms with Crippen LogP contribution in [0.1, 0.15) is 9.67 Å². The van der Waals surface area contributed by atoms with E-state index >= 15 is 0 Å². The topological polar surface area (TPSA) is 37.3 Å². The molecule has 0 amide bonds. The van der Waals surface area contributed by atoms with E-state index in [1.165, 1.54) is 16.2 Å². The number of thioether (sulfide) groups is 1. The molecule has 1 heterocycles. The molecule has 1 aromatic carbocycles. The van der Waals surface area contributed by atoms with Gasteiger partial charge in [-0.05, 0) is 36.1 Å². The lowest BCUT2D eigenvalue weighted by molar-refractivity contribution is 0.0702. The van der Waals surface area contributed by atoms with Crippen LogP contribution in [0.15, 0.2) is 41.3 Å². The molecule has 1 aromatic heterocycles. The Morgan fingerprint density at radius 3 is 2.38 bits per heavy atom. The first-order chi connectivity index (χ1) is 7.70. The highest BCUT2D eigenvalue weighted by atomic mass is 32.2. The molecule has 0 aliphatic carbocycles. The molecule has 2 rings (SSSR count). The number of carboxylic acid groups (broad SMARTS) is 1. The highest BCUT2D eigenvalue weighted by Gasteiger charge is 2.07. The van der Waals surface area contributed by atoms with Crippen molar-refractivity contribution in [1.29, 1.82) is 0 Å². The first-order valence-electron chi connectivity index (χ1n) is 4.68. The largest absolute Gasteiger partial charge is 0.477 e. The lowest BCUT2D eigenvalue weighted by Crippen LogP contribution is -1.89. The summed E-state index contributed by atoms with van der Waals surface area (Å²) in [4.78, 5) is 13.3. The quantitative estimate of drug-likeness (QED) is 0.841. The fraction of sp³-hybridized carbons (Fsp3) is 0.0833. The normalized spacial score (nSPS) is 10.3. The number of benzene rings is 1. The fourth-order valence-electron chi connectivity index (χ4n) is 1.36. The number of thiophene rings is 1. The van der Waals surface area contributed by atoms with Gasteiger partial charge in [-0.1, -0.05) is 12.1 Å². The lowest BCUT2D eigenvalue weighted by Gasteiger charge is -1.99. The van der Waals surface area contributed by atoms with E-state index in [0.29, 0.717) is 4.88 Å². The molecule has 0 unspecified atom stereocenters. The highest BCUT2D eigenvalue weighted by molar-refractivity contribution is 7.98. The Morgan fingerprint density at radius 1 is 1.19 bits per heavy atom. The number of carbonyl (C=O) groups is 1. The van der Waals surface area contributed by atoms with Crippen molar-refractivity contribution >= 4 is 29.1 Å². The van der Waals surface area contributed by atoms with Crippen LogP contribution in [0, 0.1) is 0 Å². The zero-order valence-electron chi connectivity index (χ0n) is 8.64. The van der Waals surface area contributed by atoms with Crippen molar-refractivity contribution in [3.05, 3.63) is 41.3 Å². The summed E-state index contributed by atoms with van der Waals surface area (Å²) in [6.45, 7) is 0. The van der Waals surface area contributed by atoms with E-state index in [-0.39, 0.29) is 0 Å². The molecule has 1 N–H and O–H groups in total. The maximum Gasteiger partial charge on any atom is 0.345 e. The minimum atomic E-state index is -0.864. The second-order valence-corrected chi connectivity index (χ2v) is 5.16. The van der Waals surface area contributed by atoms with Crippen LogP contribution in [0.5, 0.6) is 0 Å². The standard InChI is InChI=1S/C12H10O2S2/c1-15-9-4-2-8(3-5-9)10-6-7-11(16-10)12(13)14/h2-7H,1H3,(H,13,14). The zero-order chi connectivity index (χ0) is 11.5. The van der Waals surface area contributed by atoms with Gasteiger partial charge in [0.15, 0.2) is 0 Å². The predicted molar refractivity (Wildman–Crippen MR) is 68.5 cm³/mol. The molecular weight excluding hydrogens is 240 g/mol. The first kappa shape index (κ1) is 11.2. The van der Waals surface area contributed by atoms with E-state index in [1.807, 2.05) is 36.6 Å². The third-order valence-corrected chi connectivity index (χ3v) is 4.06. The van der Waals surface area contributed by atoms with Gasteiger partial charge in [0, 0.05) is 9.77 Å². The number of hydrogen-bond acceptors (Lipinski definition) is 3. The van der Waals surface area contributed by atoms with Crippen LogP contribution in [-0.4, -0.2) is 17.3 Å². The van der Waals surface area contributed by atoms with Gasteiger partial charge in [0.2, 0.25) is 0 Å². The molecule has 16 heavy (non-hydrogen) atoms. The molecule has 4 heteroatoms. The van der Waals surface area contributed by atoms with E-state index in [2.05, 4.69) is 0 Å². The Balaban J connectivity index is 2.31. The minimum absolute atomic E-state index is 0.379. The van der Waals surface area contributed by atoms with Crippen LogP contribution in [0.25, 0.3) is 10.4 Å². The predicted octanol–water partition coefficient (Wildman–Crippen LogP) is 3.84. The molecule has 0 aliphatic heterocycles. The summed E-state index contributed by atoms with van der Waals surface area (Å²) in [5.74, 6) is -0.864. The second kappa shape index (κ2) is 4.72. The lowest BCUT2D eigenvalue weighted by atomic mass is 10.2. The maximum atomic E-state index is 10.8. The second-order valence-electron chi connectivity index (χ2n) is 3.20. The number of rotatable bonds is 3. The van der Waals surface area contributed by atoms with Crippen LogP contribution in [0.4, 0.5) is 0 Å². The smallest absolute Gasteiger partial charge is 0.345 e. The Morgan fingerprint density at radius 2 is 1.88 bits per heavy atom. The summed E-state index contributed by atoms with van der Waals surface area (Å²) in [6.07, 6.45) is 2.03. The molecule has 0 saturated heterocycles. The SMILES string of the molecule is CSc1ccc(-c2ccc(C(=O)O)s2)cc1. The van der Waals surface area contributed by atoms with Gasteiger partial charge >= 0.3 is 5.97 Å². The fourth-order valence-corrected chi connectivity index (χ4v) is 2.62. The Labute approximate surface area is 102 Å². The van der Waals surface area contributed by atoms with E-state index in [1.54, 1.807) is 17.8 Å². The van der Waals surface area contributed by atoms with Crippen LogP contribution < -0.4 is 0 Å². The van der Waals surface area contributed by atoms with Gasteiger partial charge < -0.3 is 5.11 Å². The number of carboxylic acids is 1. The van der Waals surface area contributed by atoms with Crippen molar-refractivity contribution in [3.8, 4) is 10.4 Å². The molecular formula is C12H10O2S2. The van der Waals surface area contributed by atoms with Gasteiger partial charge in [0.05, 0.1) is 0 Å². The van der Waals surface area contributed by atoms with E-state index < -0.39 is 5.97 Å². The molecule has 0 saturated carbocycles. The van der Waals surface area contributed by atoms with Crippen molar-refractivity contribution < 1.29 is 9.90 Å². The summed E-state index contributed by atoms with van der Waals surface area (Å²) in [5.41, 5.74) is 1.07. The average molecular weight is 250 g/mol. The highest BCUT2D eigenvalue weighted by Crippen LogP contribution is 2.29. The average Bonchev–Trinajstić information content (AvgIpc) is 2.78. The van der Waals surface area contributed by atoms with E-state index in [0.717, 1.165) is 10.4 Å². The van der Waals surface area contributed by atoms with Gasteiger partial charge in [0.25, 0.3) is 0 Å². The summed E-state index contributed by atoms with van der Waals surface area (Å²) in [5, 5.41) is 8.83. The van der Waals surface area contributed by atoms with Crippen LogP contribution >= 0.6 is 23.1 Å². The number of aromatic carboxylic acids is 1. The van der Waals surface area contributed by atoms with Crippen LogP contribution in [-0.2, 0) is 0 Å². The zero-order valence-corrected chi connectivity index (χ0v) is 10.3. The minimum Gasteiger partial charge on any atom is -0.477 e. The Hall–Kier alpha value is -1.26. The number of hydrogen-bond donors (Lipinski definition) is 1. The summed E-state index contributed by atoms with van der Waals surface area (Å²) >= 11 is 2.99. The van der Waals surface area contributed by atoms with Crippen molar-refractivity contribution in [2.45, 2.75) is 4.90 Å².